The van der Waals surface area contributed by atoms with Crippen molar-refractivity contribution in [3.05, 3.63) is 96.2 Å². The molecule has 0 aliphatic carbocycles. The lowest BCUT2D eigenvalue weighted by Crippen LogP contribution is -2.57. The Labute approximate surface area is 273 Å². The van der Waals surface area contributed by atoms with Gasteiger partial charge in [-0.2, -0.15) is 0 Å². The molecule has 0 saturated carbocycles. The summed E-state index contributed by atoms with van der Waals surface area (Å²) in [5.74, 6) is -2.11. The molecule has 4 aromatic rings. The third-order valence-corrected chi connectivity index (χ3v) is 7.62. The number of carbonyl (C=O) groups is 4. The fourth-order valence-corrected chi connectivity index (χ4v) is 5.33. The fourth-order valence-electron chi connectivity index (χ4n) is 5.33. The Morgan fingerprint density at radius 2 is 1.62 bits per heavy atom. The maximum absolute atomic E-state index is 14.0. The minimum atomic E-state index is -1.21. The van der Waals surface area contributed by atoms with E-state index in [-0.39, 0.29) is 31.8 Å². The van der Waals surface area contributed by atoms with Gasteiger partial charge in [0.05, 0.1) is 42.7 Å². The predicted molar refractivity (Wildman–Crippen MR) is 176 cm³/mol. The number of amides is 3. The second-order valence-corrected chi connectivity index (χ2v) is 11.7. The number of rotatable bonds is 16. The highest BCUT2D eigenvalue weighted by Gasteiger charge is 2.32. The van der Waals surface area contributed by atoms with E-state index >= 15 is 0 Å². The molecule has 47 heavy (non-hydrogen) atoms. The molecule has 248 valence electrons. The summed E-state index contributed by atoms with van der Waals surface area (Å²) >= 11 is 0. The van der Waals surface area contributed by atoms with E-state index in [1.165, 1.54) is 6.33 Å². The van der Waals surface area contributed by atoms with Gasteiger partial charge in [-0.15, -0.1) is 0 Å². The number of aliphatic hydroxyl groups excluding tert-OH is 1. The van der Waals surface area contributed by atoms with E-state index in [9.17, 15) is 24.3 Å². The molecule has 0 radical (unpaired) electrons. The Morgan fingerprint density at radius 1 is 0.872 bits per heavy atom. The van der Waals surface area contributed by atoms with Gasteiger partial charge in [0, 0.05) is 36.2 Å². The molecule has 0 aliphatic rings. The van der Waals surface area contributed by atoms with Crippen LogP contribution in [0.5, 0.6) is 0 Å². The monoisotopic (exact) mass is 642 g/mol. The third-order valence-electron chi connectivity index (χ3n) is 7.62. The van der Waals surface area contributed by atoms with Crippen molar-refractivity contribution in [3.63, 3.8) is 0 Å². The molecule has 0 unspecified atom stereocenters. The highest BCUT2D eigenvalue weighted by atomic mass is 16.5. The molecule has 3 amide bonds. The van der Waals surface area contributed by atoms with Crippen molar-refractivity contribution >= 4 is 34.6 Å². The Balaban J connectivity index is 1.60. The van der Waals surface area contributed by atoms with Crippen molar-refractivity contribution in [2.45, 2.75) is 70.7 Å². The van der Waals surface area contributed by atoms with Gasteiger partial charge in [-0.05, 0) is 49.1 Å². The second-order valence-electron chi connectivity index (χ2n) is 11.7. The molecule has 12 heteroatoms. The van der Waals surface area contributed by atoms with Crippen molar-refractivity contribution in [2.75, 3.05) is 6.61 Å². The Kier molecular flexibility index (Phi) is 12.6. The maximum atomic E-state index is 14.0. The van der Waals surface area contributed by atoms with E-state index in [1.807, 2.05) is 38.1 Å². The molecule has 12 nitrogen and oxygen atoms in total. The second kappa shape index (κ2) is 17.0. The molecule has 2 heterocycles. The van der Waals surface area contributed by atoms with E-state index in [1.54, 1.807) is 55.7 Å². The molecule has 0 spiro atoms. The number of carbonyl (C=O) groups excluding carboxylic acids is 4. The van der Waals surface area contributed by atoms with Gasteiger partial charge in [-0.3, -0.25) is 24.2 Å². The SMILES string of the molecule is CCOC(=O)C[C@H](O)[C@H](CC(C)C)NC(=O)[C@H](Cc1c[nH]cn1)NC(=O)[C@H](Cc1cccc2ncccc12)NC(=O)c1ccccc1. The number of esters is 1. The maximum Gasteiger partial charge on any atom is 0.308 e. The average Bonchev–Trinajstić information content (AvgIpc) is 3.57. The first-order valence-corrected chi connectivity index (χ1v) is 15.7. The zero-order chi connectivity index (χ0) is 33.8. The molecule has 4 rings (SSSR count). The topological polar surface area (TPSA) is 175 Å². The molecule has 2 aromatic carbocycles. The summed E-state index contributed by atoms with van der Waals surface area (Å²) in [5.41, 5.74) is 2.43. The van der Waals surface area contributed by atoms with Crippen LogP contribution in [0.3, 0.4) is 0 Å². The van der Waals surface area contributed by atoms with Crippen LogP contribution >= 0.6 is 0 Å². The number of H-pyrrole nitrogens is 1. The van der Waals surface area contributed by atoms with E-state index in [0.717, 1.165) is 16.5 Å². The normalized spacial score (nSPS) is 13.7. The van der Waals surface area contributed by atoms with Gasteiger partial charge in [0.25, 0.3) is 5.91 Å². The van der Waals surface area contributed by atoms with Crippen LogP contribution in [0, 0.1) is 5.92 Å². The lowest BCUT2D eigenvalue weighted by Gasteiger charge is -2.28. The van der Waals surface area contributed by atoms with Gasteiger partial charge in [-0.1, -0.05) is 50.2 Å². The van der Waals surface area contributed by atoms with Crippen LogP contribution in [0.15, 0.2) is 79.4 Å². The van der Waals surface area contributed by atoms with E-state index < -0.39 is 47.9 Å². The molecular formula is C35H42N6O6. The summed E-state index contributed by atoms with van der Waals surface area (Å²) in [6.07, 6.45) is 3.79. The number of aliphatic hydroxyl groups is 1. The quantitative estimate of drug-likeness (QED) is 0.116. The lowest BCUT2D eigenvalue weighted by molar-refractivity contribution is -0.146. The zero-order valence-corrected chi connectivity index (χ0v) is 26.8. The van der Waals surface area contributed by atoms with Gasteiger partial charge in [0.1, 0.15) is 12.1 Å². The van der Waals surface area contributed by atoms with Gasteiger partial charge in [0.15, 0.2) is 0 Å². The molecular weight excluding hydrogens is 600 g/mol. The van der Waals surface area contributed by atoms with Gasteiger partial charge < -0.3 is 30.8 Å². The smallest absolute Gasteiger partial charge is 0.308 e. The first-order valence-electron chi connectivity index (χ1n) is 15.7. The van der Waals surface area contributed by atoms with E-state index in [4.69, 9.17) is 4.74 Å². The summed E-state index contributed by atoms with van der Waals surface area (Å²) < 4.78 is 4.99. The van der Waals surface area contributed by atoms with Crippen LogP contribution in [-0.2, 0) is 32.0 Å². The number of aromatic nitrogens is 3. The van der Waals surface area contributed by atoms with Crippen molar-refractivity contribution < 1.29 is 29.0 Å². The standard InChI is InChI=1S/C35H42N6O6/c1-4-47-32(43)19-31(42)28(16-22(2)3)39-35(46)30(18-25-20-36-21-38-25)41-34(45)29(40-33(44)23-10-6-5-7-11-23)17-24-12-8-14-27-26(24)13-9-15-37-27/h5-15,20-22,28-31,42H,4,16-19H2,1-3H3,(H,36,38)(H,39,46)(H,40,44)(H,41,45)/t28-,29-,30-,31-/m0/s1. The number of ether oxygens (including phenoxy) is 1. The van der Waals surface area contributed by atoms with Crippen molar-refractivity contribution in [3.8, 4) is 0 Å². The van der Waals surface area contributed by atoms with Crippen LogP contribution < -0.4 is 16.0 Å². The van der Waals surface area contributed by atoms with Crippen LogP contribution in [-0.4, -0.2) is 74.6 Å². The number of benzene rings is 2. The van der Waals surface area contributed by atoms with E-state index in [0.29, 0.717) is 17.7 Å². The third kappa shape index (κ3) is 10.2. The Bertz CT molecular complexity index is 1620. The number of nitrogens with zero attached hydrogens (tertiary/aromatic N) is 2. The van der Waals surface area contributed by atoms with Crippen LogP contribution in [0.25, 0.3) is 10.9 Å². The van der Waals surface area contributed by atoms with Crippen LogP contribution in [0.4, 0.5) is 0 Å². The van der Waals surface area contributed by atoms with Gasteiger partial charge in [0.2, 0.25) is 11.8 Å². The van der Waals surface area contributed by atoms with Crippen LogP contribution in [0.1, 0.15) is 55.2 Å². The molecule has 0 bridgehead atoms. The predicted octanol–water partition coefficient (Wildman–Crippen LogP) is 2.87. The highest BCUT2D eigenvalue weighted by molar-refractivity contribution is 5.98. The molecule has 2 aromatic heterocycles. The number of imidazole rings is 1. The largest absolute Gasteiger partial charge is 0.466 e. The highest BCUT2D eigenvalue weighted by Crippen LogP contribution is 2.19. The van der Waals surface area contributed by atoms with Gasteiger partial charge >= 0.3 is 5.97 Å². The summed E-state index contributed by atoms with van der Waals surface area (Å²) in [7, 11) is 0. The Hall–Kier alpha value is -5.10. The number of hydrogen-bond acceptors (Lipinski definition) is 8. The summed E-state index contributed by atoms with van der Waals surface area (Å²) in [5, 5.41) is 20.3. The minimum absolute atomic E-state index is 0.0288. The molecule has 0 aliphatic heterocycles. The summed E-state index contributed by atoms with van der Waals surface area (Å²) in [4.78, 5) is 64.8. The van der Waals surface area contributed by atoms with Crippen LogP contribution in [0.2, 0.25) is 0 Å². The van der Waals surface area contributed by atoms with Crippen molar-refractivity contribution in [2.24, 2.45) is 5.92 Å². The first kappa shape index (κ1) is 34.8. The average molecular weight is 643 g/mol. The number of pyridine rings is 1. The molecule has 0 fully saturated rings. The summed E-state index contributed by atoms with van der Waals surface area (Å²) in [6.45, 7) is 5.71. The zero-order valence-electron chi connectivity index (χ0n) is 26.8. The number of nitrogens with one attached hydrogen (secondary N) is 4. The molecule has 4 atom stereocenters. The van der Waals surface area contributed by atoms with Crippen molar-refractivity contribution in [1.82, 2.24) is 30.9 Å². The Morgan fingerprint density at radius 3 is 2.32 bits per heavy atom. The lowest BCUT2D eigenvalue weighted by atomic mass is 9.96. The van der Waals surface area contributed by atoms with Gasteiger partial charge in [-0.25, -0.2) is 4.98 Å². The van der Waals surface area contributed by atoms with Crippen molar-refractivity contribution in [1.29, 1.82) is 0 Å². The molecule has 0 saturated heterocycles. The van der Waals surface area contributed by atoms with E-state index in [2.05, 4.69) is 30.9 Å². The fraction of sp³-hybridized carbons (Fsp3) is 0.371. The summed E-state index contributed by atoms with van der Waals surface area (Å²) in [6, 6.07) is 14.8. The number of aromatic amines is 1. The minimum Gasteiger partial charge on any atom is -0.466 e. The first-order chi connectivity index (χ1) is 22.6. The number of hydrogen-bond donors (Lipinski definition) is 5. The molecule has 5 N–H and O–H groups in total. The number of fused-ring (bicyclic) bond motifs is 1.